The Morgan fingerprint density at radius 3 is 1.42 bits per heavy atom. The van der Waals surface area contributed by atoms with Gasteiger partial charge in [0, 0.05) is 32.0 Å². The van der Waals surface area contributed by atoms with Crippen LogP contribution in [0, 0.1) is 17.2 Å². The Kier molecular flexibility index (Phi) is 12.8. The Morgan fingerprint density at radius 2 is 1.00 bits per heavy atom. The van der Waals surface area contributed by atoms with E-state index < -0.39 is 47.8 Å². The van der Waals surface area contributed by atoms with Gasteiger partial charge in [-0.15, -0.1) is 0 Å². The second-order valence-electron chi connectivity index (χ2n) is 10.9. The smallest absolute Gasteiger partial charge is 0.352 e. The van der Waals surface area contributed by atoms with Crippen LogP contribution in [0.25, 0.3) is 0 Å². The van der Waals surface area contributed by atoms with Crippen LogP contribution in [0.2, 0.25) is 0 Å². The Bertz CT molecular complexity index is 1620. The first-order valence-corrected chi connectivity index (χ1v) is 14.5. The van der Waals surface area contributed by atoms with Crippen molar-refractivity contribution in [3.05, 3.63) is 106 Å². The summed E-state index contributed by atoms with van der Waals surface area (Å²) in [5, 5.41) is 15.3. The average Bonchev–Trinajstić information content (AvgIpc) is 3.05. The fourth-order valence-electron chi connectivity index (χ4n) is 4.49. The second-order valence-corrected chi connectivity index (χ2v) is 10.9. The van der Waals surface area contributed by atoms with Gasteiger partial charge in [0.1, 0.15) is 0 Å². The van der Waals surface area contributed by atoms with E-state index in [1.807, 2.05) is 6.07 Å². The molecule has 5 N–H and O–H groups in total. The van der Waals surface area contributed by atoms with Crippen LogP contribution in [0.1, 0.15) is 39.8 Å². The van der Waals surface area contributed by atoms with Gasteiger partial charge in [-0.25, -0.2) is 0 Å². The van der Waals surface area contributed by atoms with E-state index in [1.54, 1.807) is 59.2 Å². The molecule has 3 rings (SSSR count). The minimum Gasteiger partial charge on any atom is -0.352 e. The lowest BCUT2D eigenvalue weighted by molar-refractivity contribution is -0.173. The molecule has 0 aliphatic rings. The Morgan fingerprint density at radius 1 is 0.625 bits per heavy atom. The van der Waals surface area contributed by atoms with Crippen LogP contribution < -0.4 is 21.7 Å². The zero-order valence-corrected chi connectivity index (χ0v) is 25.3. The summed E-state index contributed by atoms with van der Waals surface area (Å²) in [6.07, 6.45) is -10.1. The van der Waals surface area contributed by atoms with Crippen LogP contribution in [0.15, 0.2) is 72.8 Å². The van der Waals surface area contributed by atoms with Gasteiger partial charge in [0.15, 0.2) is 5.78 Å². The summed E-state index contributed by atoms with van der Waals surface area (Å²) in [6.45, 7) is -0.620. The van der Waals surface area contributed by atoms with Gasteiger partial charge in [0.05, 0.1) is 17.7 Å². The predicted octanol–water partition coefficient (Wildman–Crippen LogP) is 3.92. The number of ketones is 1. The summed E-state index contributed by atoms with van der Waals surface area (Å²) < 4.78 is 74.7. The number of nitrogens with zero attached hydrogens (tertiary/aromatic N) is 1. The second kappa shape index (κ2) is 16.6. The fourth-order valence-corrected chi connectivity index (χ4v) is 4.49. The molecule has 0 saturated carbocycles. The summed E-state index contributed by atoms with van der Waals surface area (Å²) in [5.41, 5.74) is 9.27. The molecule has 254 valence electrons. The quantitative estimate of drug-likeness (QED) is 0.190. The van der Waals surface area contributed by atoms with Crippen molar-refractivity contribution >= 4 is 23.5 Å². The lowest BCUT2D eigenvalue weighted by Crippen LogP contribution is -2.38. The van der Waals surface area contributed by atoms with Crippen molar-refractivity contribution in [1.82, 2.24) is 16.0 Å². The maximum Gasteiger partial charge on any atom is 0.471 e. The Hall–Kier alpha value is -5.23. The highest BCUT2D eigenvalue weighted by molar-refractivity contribution is 5.90. The van der Waals surface area contributed by atoms with Crippen molar-refractivity contribution in [2.24, 2.45) is 11.7 Å². The summed E-state index contributed by atoms with van der Waals surface area (Å²) in [6, 6.07) is 19.7. The largest absolute Gasteiger partial charge is 0.471 e. The number of hydrogen-bond acceptors (Lipinski definition) is 6. The van der Waals surface area contributed by atoms with Crippen LogP contribution in [0.4, 0.5) is 26.3 Å². The molecule has 3 aromatic carbocycles. The van der Waals surface area contributed by atoms with Gasteiger partial charge in [-0.05, 0) is 52.8 Å². The van der Waals surface area contributed by atoms with Crippen LogP contribution in [0.3, 0.4) is 0 Å². The molecule has 0 fully saturated rings. The molecule has 15 heteroatoms. The van der Waals surface area contributed by atoms with Gasteiger partial charge in [-0.3, -0.25) is 19.2 Å². The summed E-state index contributed by atoms with van der Waals surface area (Å²) in [7, 11) is 0. The van der Waals surface area contributed by atoms with Crippen molar-refractivity contribution in [1.29, 1.82) is 5.26 Å². The average molecular weight is 676 g/mol. The molecule has 3 aromatic rings. The van der Waals surface area contributed by atoms with Crippen LogP contribution in [0.5, 0.6) is 0 Å². The highest BCUT2D eigenvalue weighted by Gasteiger charge is 2.39. The number of alkyl halides is 6. The first kappa shape index (κ1) is 37.2. The van der Waals surface area contributed by atoms with Crippen LogP contribution >= 0.6 is 0 Å². The number of nitrogens with one attached hydrogen (secondary N) is 3. The number of nitriles is 1. The first-order valence-electron chi connectivity index (χ1n) is 14.5. The van der Waals surface area contributed by atoms with Gasteiger partial charge in [-0.1, -0.05) is 60.7 Å². The molecule has 3 amide bonds. The van der Waals surface area contributed by atoms with Gasteiger partial charge in [0.2, 0.25) is 5.91 Å². The zero-order valence-electron chi connectivity index (χ0n) is 25.3. The number of amides is 3. The number of Topliss-reactive ketones (excluding diaryl/α,β-unsaturated/α-hetero) is 1. The third kappa shape index (κ3) is 11.8. The number of hydrogen-bond donors (Lipinski definition) is 4. The van der Waals surface area contributed by atoms with E-state index >= 15 is 0 Å². The van der Waals surface area contributed by atoms with Crippen molar-refractivity contribution < 1.29 is 45.5 Å². The molecule has 48 heavy (non-hydrogen) atoms. The normalized spacial score (nSPS) is 12.7. The van der Waals surface area contributed by atoms with E-state index in [1.165, 1.54) is 24.3 Å². The maximum absolute atomic E-state index is 13.3. The molecule has 0 saturated heterocycles. The molecule has 9 nitrogen and oxygen atoms in total. The Balaban J connectivity index is 1.66. The van der Waals surface area contributed by atoms with Crippen molar-refractivity contribution in [2.75, 3.05) is 0 Å². The van der Waals surface area contributed by atoms with E-state index in [-0.39, 0.29) is 38.9 Å². The van der Waals surface area contributed by atoms with E-state index in [0.717, 1.165) is 0 Å². The summed E-state index contributed by atoms with van der Waals surface area (Å²) in [4.78, 5) is 48.6. The van der Waals surface area contributed by atoms with Crippen LogP contribution in [-0.4, -0.2) is 41.9 Å². The minimum absolute atomic E-state index is 0.0615. The molecule has 0 radical (unpaired) electrons. The van der Waals surface area contributed by atoms with Crippen molar-refractivity contribution in [3.8, 4) is 6.07 Å². The topological polar surface area (TPSA) is 154 Å². The lowest BCUT2D eigenvalue weighted by atomic mass is 9.89. The standard InChI is InChI=1S/C33H31F6N5O4/c34-32(35,36)30(47)43-18-24-7-1-20(2-8-24)13-26(29(46)42-17-23-11-5-22(16-40)6-12-23)15-28(45)27(41)14-21-3-9-25(10-4-21)19-44-31(48)33(37,38)39/h1-12,26-27H,13-15,17-19,41H2,(H,42,46)(H,43,47)(H,44,48)/t26-,27-/m1/s1. The van der Waals surface area contributed by atoms with Crippen molar-refractivity contribution in [2.45, 2.75) is 57.3 Å². The Labute approximate surface area is 271 Å². The van der Waals surface area contributed by atoms with Crippen molar-refractivity contribution in [3.63, 3.8) is 0 Å². The number of halogens is 6. The fraction of sp³-hybridized carbons (Fsp3) is 0.303. The molecule has 0 unspecified atom stereocenters. The zero-order chi connectivity index (χ0) is 35.5. The predicted molar refractivity (Wildman–Crippen MR) is 160 cm³/mol. The molecule has 2 atom stereocenters. The summed E-state index contributed by atoms with van der Waals surface area (Å²) in [5.74, 6) is -5.95. The highest BCUT2D eigenvalue weighted by Crippen LogP contribution is 2.19. The highest BCUT2D eigenvalue weighted by atomic mass is 19.4. The third-order valence-electron chi connectivity index (χ3n) is 7.19. The molecule has 0 bridgehead atoms. The number of nitrogens with two attached hydrogens (primary N) is 1. The monoisotopic (exact) mass is 675 g/mol. The molecular weight excluding hydrogens is 644 g/mol. The summed E-state index contributed by atoms with van der Waals surface area (Å²) >= 11 is 0. The molecule has 0 spiro atoms. The molecule has 0 aliphatic heterocycles. The van der Waals surface area contributed by atoms with Gasteiger partial charge >= 0.3 is 24.2 Å². The van der Waals surface area contributed by atoms with E-state index in [0.29, 0.717) is 33.4 Å². The molecular formula is C33H31F6N5O4. The number of carbonyl (C=O) groups excluding carboxylic acids is 4. The number of benzene rings is 3. The van der Waals surface area contributed by atoms with E-state index in [4.69, 9.17) is 11.0 Å². The maximum atomic E-state index is 13.3. The van der Waals surface area contributed by atoms with Crippen LogP contribution in [-0.2, 0) is 51.7 Å². The van der Waals surface area contributed by atoms with E-state index in [9.17, 15) is 45.5 Å². The molecule has 0 aromatic heterocycles. The minimum atomic E-state index is -5.02. The van der Waals surface area contributed by atoms with Gasteiger partial charge in [-0.2, -0.15) is 31.6 Å². The lowest BCUT2D eigenvalue weighted by Gasteiger charge is -2.19. The molecule has 0 heterocycles. The number of carbonyl (C=O) groups is 4. The van der Waals surface area contributed by atoms with Gasteiger partial charge in [0.25, 0.3) is 0 Å². The van der Waals surface area contributed by atoms with Gasteiger partial charge < -0.3 is 21.7 Å². The number of rotatable bonds is 14. The van der Waals surface area contributed by atoms with E-state index in [2.05, 4.69) is 5.32 Å². The SMILES string of the molecule is N#Cc1ccc(CNC(=O)[C@@H](CC(=O)[C@H](N)Cc2ccc(CNC(=O)C(F)(F)F)cc2)Cc2ccc(CNC(=O)C(F)(F)F)cc2)cc1. The third-order valence-corrected chi connectivity index (χ3v) is 7.19. The molecule has 0 aliphatic carbocycles. The first-order chi connectivity index (χ1) is 22.5.